The van der Waals surface area contributed by atoms with Gasteiger partial charge >= 0.3 is 0 Å². The monoisotopic (exact) mass is 314 g/mol. The van der Waals surface area contributed by atoms with Crippen molar-refractivity contribution in [2.24, 2.45) is 11.8 Å². The Morgan fingerprint density at radius 2 is 1.87 bits per heavy atom. The third-order valence-electron chi connectivity index (χ3n) is 5.88. The maximum absolute atomic E-state index is 11.9. The fraction of sp³-hybridized carbons (Fsp3) is 0.650. The standard InChI is InChI=1S/C20H30N2O/c1-21(11-7-6-10-16-8-4-3-5-9-16)19-12-17-14-20(23)22(2)15-18(17)13-19/h3-5,8-9,17-19H,6-7,10-15H2,1-2H3/t17-,18+,19-/m1/s1. The highest BCUT2D eigenvalue weighted by molar-refractivity contribution is 5.77. The molecule has 23 heavy (non-hydrogen) atoms. The quantitative estimate of drug-likeness (QED) is 0.753. The Balaban J connectivity index is 1.39. The van der Waals surface area contributed by atoms with Crippen molar-refractivity contribution in [2.75, 3.05) is 27.2 Å². The molecule has 0 spiro atoms. The summed E-state index contributed by atoms with van der Waals surface area (Å²) in [5.74, 6) is 1.71. The Morgan fingerprint density at radius 1 is 1.13 bits per heavy atom. The first-order valence-corrected chi connectivity index (χ1v) is 9.11. The van der Waals surface area contributed by atoms with Crippen molar-refractivity contribution in [3.8, 4) is 0 Å². The first kappa shape index (κ1) is 16.5. The van der Waals surface area contributed by atoms with E-state index in [-0.39, 0.29) is 0 Å². The highest BCUT2D eigenvalue weighted by atomic mass is 16.2. The number of carbonyl (C=O) groups is 1. The molecule has 0 aromatic heterocycles. The normalized spacial score (nSPS) is 27.5. The van der Waals surface area contributed by atoms with Crippen LogP contribution in [0, 0.1) is 11.8 Å². The number of nitrogens with zero attached hydrogens (tertiary/aromatic N) is 2. The zero-order valence-electron chi connectivity index (χ0n) is 14.6. The number of unbranched alkanes of at least 4 members (excludes halogenated alkanes) is 1. The van der Waals surface area contributed by atoms with Crippen LogP contribution in [0.15, 0.2) is 30.3 Å². The molecule has 3 atom stereocenters. The van der Waals surface area contributed by atoms with Crippen LogP contribution in [0.25, 0.3) is 0 Å². The Kier molecular flexibility index (Phi) is 5.37. The summed E-state index contributed by atoms with van der Waals surface area (Å²) in [6, 6.07) is 11.5. The lowest BCUT2D eigenvalue weighted by atomic mass is 9.88. The van der Waals surface area contributed by atoms with Crippen LogP contribution < -0.4 is 0 Å². The molecule has 1 amide bonds. The van der Waals surface area contributed by atoms with Crippen molar-refractivity contribution >= 4 is 5.91 Å². The van der Waals surface area contributed by atoms with Crippen LogP contribution in [0.5, 0.6) is 0 Å². The van der Waals surface area contributed by atoms with Crippen molar-refractivity contribution in [2.45, 2.75) is 44.6 Å². The van der Waals surface area contributed by atoms with Gasteiger partial charge in [0.15, 0.2) is 0 Å². The van der Waals surface area contributed by atoms with Gasteiger partial charge in [0.1, 0.15) is 0 Å². The van der Waals surface area contributed by atoms with E-state index in [0.29, 0.717) is 17.9 Å². The maximum atomic E-state index is 11.9. The molecule has 1 aliphatic heterocycles. The van der Waals surface area contributed by atoms with E-state index in [1.54, 1.807) is 0 Å². The molecule has 1 saturated heterocycles. The zero-order chi connectivity index (χ0) is 16.2. The van der Waals surface area contributed by atoms with E-state index in [0.717, 1.165) is 18.9 Å². The van der Waals surface area contributed by atoms with Gasteiger partial charge in [0.2, 0.25) is 5.91 Å². The number of fused-ring (bicyclic) bond motifs is 1. The lowest BCUT2D eigenvalue weighted by molar-refractivity contribution is -0.134. The third kappa shape index (κ3) is 4.14. The van der Waals surface area contributed by atoms with Crippen LogP contribution in [-0.2, 0) is 11.2 Å². The number of aryl methyl sites for hydroxylation is 1. The van der Waals surface area contributed by atoms with Gasteiger partial charge in [-0.15, -0.1) is 0 Å². The Hall–Kier alpha value is -1.35. The first-order chi connectivity index (χ1) is 11.1. The summed E-state index contributed by atoms with van der Waals surface area (Å²) in [5, 5.41) is 0. The Bertz CT molecular complexity index is 516. The SMILES string of the molecule is CN1C[C@@H]2C[C@H](N(C)CCCCc3ccccc3)C[C@@H]2CC1=O. The van der Waals surface area contributed by atoms with E-state index in [9.17, 15) is 4.79 Å². The zero-order valence-corrected chi connectivity index (χ0v) is 14.6. The molecule has 1 saturated carbocycles. The summed E-state index contributed by atoms with van der Waals surface area (Å²) in [5.41, 5.74) is 1.45. The Labute approximate surface area is 140 Å². The Morgan fingerprint density at radius 3 is 2.65 bits per heavy atom. The van der Waals surface area contributed by atoms with Crippen LogP contribution >= 0.6 is 0 Å². The van der Waals surface area contributed by atoms with Gasteiger partial charge in [-0.3, -0.25) is 4.79 Å². The van der Waals surface area contributed by atoms with E-state index in [2.05, 4.69) is 42.3 Å². The van der Waals surface area contributed by atoms with Gasteiger partial charge in [0.25, 0.3) is 0 Å². The lowest BCUT2D eigenvalue weighted by Gasteiger charge is -2.31. The van der Waals surface area contributed by atoms with Gasteiger partial charge in [0, 0.05) is 26.1 Å². The second-order valence-corrected chi connectivity index (χ2v) is 7.55. The summed E-state index contributed by atoms with van der Waals surface area (Å²) >= 11 is 0. The molecule has 0 unspecified atom stereocenters. The van der Waals surface area contributed by atoms with E-state index in [4.69, 9.17) is 0 Å². The van der Waals surface area contributed by atoms with E-state index >= 15 is 0 Å². The van der Waals surface area contributed by atoms with Gasteiger partial charge < -0.3 is 9.80 Å². The highest BCUT2D eigenvalue weighted by Gasteiger charge is 2.41. The maximum Gasteiger partial charge on any atom is 0.222 e. The van der Waals surface area contributed by atoms with Crippen molar-refractivity contribution in [3.63, 3.8) is 0 Å². The van der Waals surface area contributed by atoms with Crippen LogP contribution in [0.1, 0.15) is 37.7 Å². The summed E-state index contributed by atoms with van der Waals surface area (Å²) in [6.45, 7) is 2.16. The van der Waals surface area contributed by atoms with Crippen LogP contribution in [0.4, 0.5) is 0 Å². The number of rotatable bonds is 6. The average molecular weight is 314 g/mol. The topological polar surface area (TPSA) is 23.6 Å². The van der Waals surface area contributed by atoms with E-state index in [1.165, 1.54) is 44.2 Å². The minimum atomic E-state index is 0.345. The molecule has 1 aliphatic carbocycles. The molecule has 1 aromatic rings. The predicted molar refractivity (Wildman–Crippen MR) is 94.3 cm³/mol. The second-order valence-electron chi connectivity index (χ2n) is 7.55. The molecule has 126 valence electrons. The molecule has 3 rings (SSSR count). The van der Waals surface area contributed by atoms with Crippen LogP contribution in [0.3, 0.4) is 0 Å². The largest absolute Gasteiger partial charge is 0.345 e. The van der Waals surface area contributed by atoms with Crippen LogP contribution in [-0.4, -0.2) is 48.9 Å². The number of benzene rings is 1. The fourth-order valence-corrected chi connectivity index (χ4v) is 4.36. The minimum Gasteiger partial charge on any atom is -0.345 e. The molecule has 0 N–H and O–H groups in total. The lowest BCUT2D eigenvalue weighted by Crippen LogP contribution is -2.39. The molecule has 1 heterocycles. The summed E-state index contributed by atoms with van der Waals surface area (Å²) in [7, 11) is 4.23. The molecule has 2 aliphatic rings. The first-order valence-electron chi connectivity index (χ1n) is 9.11. The van der Waals surface area contributed by atoms with E-state index < -0.39 is 0 Å². The number of piperidine rings is 1. The van der Waals surface area contributed by atoms with Gasteiger partial charge in [0.05, 0.1) is 0 Å². The molecule has 3 nitrogen and oxygen atoms in total. The summed E-state index contributed by atoms with van der Waals surface area (Å²) in [6.07, 6.45) is 6.98. The van der Waals surface area contributed by atoms with Gasteiger partial charge in [-0.1, -0.05) is 30.3 Å². The third-order valence-corrected chi connectivity index (χ3v) is 5.88. The van der Waals surface area contributed by atoms with Crippen LogP contribution in [0.2, 0.25) is 0 Å². The number of carbonyl (C=O) groups excluding carboxylic acids is 1. The number of hydrogen-bond donors (Lipinski definition) is 0. The van der Waals surface area contributed by atoms with Crippen molar-refractivity contribution in [1.29, 1.82) is 0 Å². The second kappa shape index (κ2) is 7.48. The molecule has 2 fully saturated rings. The van der Waals surface area contributed by atoms with Crippen molar-refractivity contribution in [1.82, 2.24) is 9.80 Å². The van der Waals surface area contributed by atoms with Gasteiger partial charge in [-0.25, -0.2) is 0 Å². The van der Waals surface area contributed by atoms with Crippen molar-refractivity contribution in [3.05, 3.63) is 35.9 Å². The fourth-order valence-electron chi connectivity index (χ4n) is 4.36. The summed E-state index contributed by atoms with van der Waals surface area (Å²) < 4.78 is 0. The molecule has 1 aromatic carbocycles. The highest BCUT2D eigenvalue weighted by Crippen LogP contribution is 2.39. The number of amides is 1. The van der Waals surface area contributed by atoms with Crippen molar-refractivity contribution < 1.29 is 4.79 Å². The number of likely N-dealkylation sites (tertiary alicyclic amines) is 1. The molecule has 3 heteroatoms. The molecular weight excluding hydrogens is 284 g/mol. The van der Waals surface area contributed by atoms with Gasteiger partial charge in [-0.2, -0.15) is 0 Å². The van der Waals surface area contributed by atoms with Gasteiger partial charge in [-0.05, 0) is 63.1 Å². The number of hydrogen-bond acceptors (Lipinski definition) is 2. The smallest absolute Gasteiger partial charge is 0.222 e. The molecule has 0 radical (unpaired) electrons. The molecule has 0 bridgehead atoms. The minimum absolute atomic E-state index is 0.345. The predicted octanol–water partition coefficient (Wildman–Crippen LogP) is 3.20. The summed E-state index contributed by atoms with van der Waals surface area (Å²) in [4.78, 5) is 16.4. The molecular formula is C20H30N2O. The average Bonchev–Trinajstić information content (AvgIpc) is 2.95. The van der Waals surface area contributed by atoms with E-state index in [1.807, 2.05) is 11.9 Å².